The molecule has 6 nitrogen and oxygen atoms in total. The molecule has 1 atom stereocenters. The van der Waals surface area contributed by atoms with E-state index in [0.717, 1.165) is 6.42 Å². The number of rotatable bonds is 7. The lowest BCUT2D eigenvalue weighted by molar-refractivity contribution is -0.144. The monoisotopic (exact) mass is 217 g/mol. The Labute approximate surface area is 89.5 Å². The van der Waals surface area contributed by atoms with Gasteiger partial charge >= 0.3 is 5.97 Å². The van der Waals surface area contributed by atoms with Crippen LogP contribution < -0.4 is 16.4 Å². The highest BCUT2D eigenvalue weighted by atomic mass is 16.5. The average molecular weight is 217 g/mol. The molecule has 15 heavy (non-hydrogen) atoms. The zero-order chi connectivity index (χ0) is 11.7. The van der Waals surface area contributed by atoms with Gasteiger partial charge in [0.2, 0.25) is 5.91 Å². The summed E-state index contributed by atoms with van der Waals surface area (Å²) in [7, 11) is 1.29. The summed E-state index contributed by atoms with van der Waals surface area (Å²) < 4.78 is 4.55. The van der Waals surface area contributed by atoms with Crippen LogP contribution in [0.15, 0.2) is 0 Å². The van der Waals surface area contributed by atoms with E-state index in [9.17, 15) is 9.59 Å². The van der Waals surface area contributed by atoms with Gasteiger partial charge < -0.3 is 21.1 Å². The predicted octanol–water partition coefficient (Wildman–Crippen LogP) is -1.40. The van der Waals surface area contributed by atoms with Crippen LogP contribution in [0.5, 0.6) is 0 Å². The standard InChI is InChI=1S/C9H19N3O3/c1-7(13)12-8(9(14)15-2)6-11-5-3-4-10/h8,11H,3-6,10H2,1-2H3,(H,12,13). The first-order chi connectivity index (χ1) is 7.11. The summed E-state index contributed by atoms with van der Waals surface area (Å²) in [5.74, 6) is -0.712. The number of hydrogen-bond acceptors (Lipinski definition) is 5. The van der Waals surface area contributed by atoms with Gasteiger partial charge in [0.25, 0.3) is 0 Å². The first-order valence-electron chi connectivity index (χ1n) is 4.87. The Morgan fingerprint density at radius 2 is 2.13 bits per heavy atom. The van der Waals surface area contributed by atoms with Crippen LogP contribution in [0.3, 0.4) is 0 Å². The third-order valence-corrected chi connectivity index (χ3v) is 1.77. The average Bonchev–Trinajstić information content (AvgIpc) is 2.21. The fraction of sp³-hybridized carbons (Fsp3) is 0.778. The lowest BCUT2D eigenvalue weighted by atomic mass is 10.3. The van der Waals surface area contributed by atoms with E-state index in [-0.39, 0.29) is 5.91 Å². The predicted molar refractivity (Wildman–Crippen MR) is 56.2 cm³/mol. The molecule has 0 aromatic rings. The van der Waals surface area contributed by atoms with Crippen molar-refractivity contribution in [3.05, 3.63) is 0 Å². The maximum absolute atomic E-state index is 11.2. The summed E-state index contributed by atoms with van der Waals surface area (Å²) in [6, 6.07) is -0.634. The second kappa shape index (κ2) is 8.19. The molecule has 0 aliphatic heterocycles. The van der Waals surface area contributed by atoms with Crippen LogP contribution in [-0.4, -0.2) is 44.7 Å². The maximum Gasteiger partial charge on any atom is 0.329 e. The lowest BCUT2D eigenvalue weighted by Gasteiger charge is -2.15. The van der Waals surface area contributed by atoms with E-state index in [2.05, 4.69) is 15.4 Å². The van der Waals surface area contributed by atoms with Gasteiger partial charge in [0.15, 0.2) is 0 Å². The highest BCUT2D eigenvalue weighted by Crippen LogP contribution is 1.87. The van der Waals surface area contributed by atoms with E-state index in [1.165, 1.54) is 14.0 Å². The maximum atomic E-state index is 11.2. The van der Waals surface area contributed by atoms with Gasteiger partial charge in [-0.3, -0.25) is 4.79 Å². The number of carbonyl (C=O) groups is 2. The normalized spacial score (nSPS) is 11.9. The Balaban J connectivity index is 3.90. The Bertz CT molecular complexity index is 209. The van der Waals surface area contributed by atoms with Crippen molar-refractivity contribution in [2.75, 3.05) is 26.7 Å². The summed E-state index contributed by atoms with van der Waals surface area (Å²) in [5, 5.41) is 5.51. The van der Waals surface area contributed by atoms with Crippen LogP contribution in [0.4, 0.5) is 0 Å². The third kappa shape index (κ3) is 6.87. The number of ether oxygens (including phenoxy) is 1. The van der Waals surface area contributed by atoms with E-state index in [1.807, 2.05) is 0 Å². The SMILES string of the molecule is COC(=O)C(CNCCCN)NC(C)=O. The largest absolute Gasteiger partial charge is 0.467 e. The van der Waals surface area contributed by atoms with Gasteiger partial charge in [0.05, 0.1) is 7.11 Å². The topological polar surface area (TPSA) is 93.4 Å². The number of hydrogen-bond donors (Lipinski definition) is 3. The first-order valence-corrected chi connectivity index (χ1v) is 4.87. The molecule has 0 rings (SSSR count). The fourth-order valence-electron chi connectivity index (χ4n) is 1.05. The van der Waals surface area contributed by atoms with Crippen LogP contribution in [0.2, 0.25) is 0 Å². The molecule has 0 saturated carbocycles. The molecule has 0 saturated heterocycles. The summed E-state index contributed by atoms with van der Waals surface area (Å²) in [5.41, 5.74) is 5.31. The van der Waals surface area contributed by atoms with Crippen molar-refractivity contribution in [2.24, 2.45) is 5.73 Å². The number of nitrogens with two attached hydrogens (primary N) is 1. The van der Waals surface area contributed by atoms with E-state index < -0.39 is 12.0 Å². The minimum Gasteiger partial charge on any atom is -0.467 e. The Hall–Kier alpha value is -1.14. The van der Waals surface area contributed by atoms with E-state index in [1.54, 1.807) is 0 Å². The van der Waals surface area contributed by atoms with Crippen LogP contribution in [0.25, 0.3) is 0 Å². The molecular weight excluding hydrogens is 198 g/mol. The molecular formula is C9H19N3O3. The number of carbonyl (C=O) groups excluding carboxylic acids is 2. The lowest BCUT2D eigenvalue weighted by Crippen LogP contribution is -2.47. The van der Waals surface area contributed by atoms with Crippen LogP contribution in [0, 0.1) is 0 Å². The van der Waals surface area contributed by atoms with E-state index in [0.29, 0.717) is 19.6 Å². The number of amides is 1. The summed E-state index contributed by atoms with van der Waals surface area (Å²) in [6.07, 6.45) is 0.827. The molecule has 0 aliphatic carbocycles. The molecule has 0 aromatic heterocycles. The second-order valence-electron chi connectivity index (χ2n) is 3.12. The zero-order valence-electron chi connectivity index (χ0n) is 9.21. The molecule has 1 amide bonds. The van der Waals surface area contributed by atoms with Crippen LogP contribution >= 0.6 is 0 Å². The highest BCUT2D eigenvalue weighted by molar-refractivity contribution is 5.83. The van der Waals surface area contributed by atoms with Crippen molar-refractivity contribution >= 4 is 11.9 Å². The smallest absolute Gasteiger partial charge is 0.329 e. The van der Waals surface area contributed by atoms with Gasteiger partial charge in [-0.25, -0.2) is 4.79 Å². The molecule has 6 heteroatoms. The third-order valence-electron chi connectivity index (χ3n) is 1.77. The summed E-state index contributed by atoms with van der Waals surface area (Å²) in [6.45, 7) is 3.02. The minimum atomic E-state index is -0.634. The molecule has 1 unspecified atom stereocenters. The molecule has 0 aromatic carbocycles. The Morgan fingerprint density at radius 1 is 1.47 bits per heavy atom. The number of esters is 1. The van der Waals surface area contributed by atoms with E-state index >= 15 is 0 Å². The first kappa shape index (κ1) is 13.9. The highest BCUT2D eigenvalue weighted by Gasteiger charge is 2.18. The van der Waals surface area contributed by atoms with Gasteiger partial charge in [-0.05, 0) is 19.5 Å². The molecule has 4 N–H and O–H groups in total. The zero-order valence-corrected chi connectivity index (χ0v) is 9.21. The molecule has 88 valence electrons. The van der Waals surface area contributed by atoms with Gasteiger partial charge in [-0.2, -0.15) is 0 Å². The molecule has 0 spiro atoms. The molecule has 0 aliphatic rings. The molecule has 0 radical (unpaired) electrons. The quantitative estimate of drug-likeness (QED) is 0.360. The van der Waals surface area contributed by atoms with Gasteiger partial charge in [-0.15, -0.1) is 0 Å². The summed E-state index contributed by atoms with van der Waals surface area (Å²) in [4.78, 5) is 22.0. The van der Waals surface area contributed by atoms with Crippen molar-refractivity contribution in [1.29, 1.82) is 0 Å². The number of nitrogens with one attached hydrogen (secondary N) is 2. The van der Waals surface area contributed by atoms with Crippen molar-refractivity contribution in [1.82, 2.24) is 10.6 Å². The molecule has 0 heterocycles. The Kier molecular flexibility index (Phi) is 7.57. The van der Waals surface area contributed by atoms with Gasteiger partial charge in [0, 0.05) is 13.5 Å². The van der Waals surface area contributed by atoms with Crippen molar-refractivity contribution in [3.8, 4) is 0 Å². The summed E-state index contributed by atoms with van der Waals surface area (Å²) >= 11 is 0. The van der Waals surface area contributed by atoms with Crippen molar-refractivity contribution < 1.29 is 14.3 Å². The second-order valence-corrected chi connectivity index (χ2v) is 3.12. The van der Waals surface area contributed by atoms with Gasteiger partial charge in [-0.1, -0.05) is 0 Å². The van der Waals surface area contributed by atoms with Crippen molar-refractivity contribution in [2.45, 2.75) is 19.4 Å². The minimum absolute atomic E-state index is 0.258. The fourth-order valence-corrected chi connectivity index (χ4v) is 1.05. The Morgan fingerprint density at radius 3 is 2.60 bits per heavy atom. The molecule has 0 bridgehead atoms. The van der Waals surface area contributed by atoms with E-state index in [4.69, 9.17) is 5.73 Å². The van der Waals surface area contributed by atoms with Crippen LogP contribution in [0.1, 0.15) is 13.3 Å². The van der Waals surface area contributed by atoms with Crippen LogP contribution in [-0.2, 0) is 14.3 Å². The van der Waals surface area contributed by atoms with Crippen molar-refractivity contribution in [3.63, 3.8) is 0 Å². The number of methoxy groups -OCH3 is 1. The molecule has 0 fully saturated rings. The van der Waals surface area contributed by atoms with Gasteiger partial charge in [0.1, 0.15) is 6.04 Å².